The van der Waals surface area contributed by atoms with Crippen molar-refractivity contribution in [2.45, 2.75) is 45.7 Å². The van der Waals surface area contributed by atoms with Gasteiger partial charge in [-0.25, -0.2) is 0 Å². The van der Waals surface area contributed by atoms with Crippen LogP contribution in [0.4, 0.5) is 0 Å². The second kappa shape index (κ2) is 6.21. The predicted molar refractivity (Wildman–Crippen MR) is 64.1 cm³/mol. The molecule has 0 spiro atoms. The Kier molecular flexibility index (Phi) is 5.22. The van der Waals surface area contributed by atoms with E-state index in [0.717, 1.165) is 25.9 Å². The third kappa shape index (κ3) is 3.76. The predicted octanol–water partition coefficient (Wildman–Crippen LogP) is 0.604. The van der Waals surface area contributed by atoms with Crippen molar-refractivity contribution in [2.75, 3.05) is 19.7 Å². The fourth-order valence-corrected chi connectivity index (χ4v) is 2.12. The minimum Gasteiger partial charge on any atom is -0.395 e. The van der Waals surface area contributed by atoms with Crippen LogP contribution < -0.4 is 5.32 Å². The Bertz CT molecular complexity index is 223. The Hall–Kier alpha value is -0.610. The highest BCUT2D eigenvalue weighted by Gasteiger charge is 2.23. The molecule has 0 radical (unpaired) electrons. The summed E-state index contributed by atoms with van der Waals surface area (Å²) in [4.78, 5) is 13.0. The SMILES string of the molecule is CC(=O)N1CCC(NC(CO)C(C)C)CC1. The van der Waals surface area contributed by atoms with E-state index in [0.29, 0.717) is 12.0 Å². The monoisotopic (exact) mass is 228 g/mol. The van der Waals surface area contributed by atoms with E-state index < -0.39 is 0 Å². The van der Waals surface area contributed by atoms with Crippen molar-refractivity contribution in [3.05, 3.63) is 0 Å². The van der Waals surface area contributed by atoms with E-state index in [4.69, 9.17) is 0 Å². The maximum Gasteiger partial charge on any atom is 0.219 e. The van der Waals surface area contributed by atoms with Crippen molar-refractivity contribution in [2.24, 2.45) is 5.92 Å². The molecule has 16 heavy (non-hydrogen) atoms. The Morgan fingerprint density at radius 2 is 2.00 bits per heavy atom. The van der Waals surface area contributed by atoms with Gasteiger partial charge in [0, 0.05) is 32.1 Å². The average Bonchev–Trinajstić information content (AvgIpc) is 2.26. The van der Waals surface area contributed by atoms with Crippen LogP contribution in [0, 0.1) is 5.92 Å². The summed E-state index contributed by atoms with van der Waals surface area (Å²) in [6, 6.07) is 0.615. The number of aliphatic hydroxyl groups is 1. The number of hydrogen-bond donors (Lipinski definition) is 2. The second-order valence-corrected chi connectivity index (χ2v) is 4.98. The van der Waals surface area contributed by atoms with Crippen LogP contribution in [0.25, 0.3) is 0 Å². The molecule has 0 aliphatic carbocycles. The fraction of sp³-hybridized carbons (Fsp3) is 0.917. The minimum absolute atomic E-state index is 0.168. The Morgan fingerprint density at radius 1 is 1.44 bits per heavy atom. The van der Waals surface area contributed by atoms with Crippen molar-refractivity contribution in [3.63, 3.8) is 0 Å². The standard InChI is InChI=1S/C12H24N2O2/c1-9(2)12(8-15)13-11-4-6-14(7-5-11)10(3)16/h9,11-13,15H,4-8H2,1-3H3. The number of piperidine rings is 1. The molecular formula is C12H24N2O2. The summed E-state index contributed by atoms with van der Waals surface area (Å²) in [5, 5.41) is 12.7. The molecule has 1 rings (SSSR count). The van der Waals surface area contributed by atoms with Crippen molar-refractivity contribution >= 4 is 5.91 Å². The van der Waals surface area contributed by atoms with Gasteiger partial charge in [-0.1, -0.05) is 13.8 Å². The van der Waals surface area contributed by atoms with Crippen molar-refractivity contribution in [3.8, 4) is 0 Å². The van der Waals surface area contributed by atoms with Gasteiger partial charge in [-0.3, -0.25) is 4.79 Å². The van der Waals surface area contributed by atoms with E-state index in [-0.39, 0.29) is 18.6 Å². The first-order chi connectivity index (χ1) is 7.54. The molecule has 1 amide bonds. The molecule has 94 valence electrons. The molecule has 1 heterocycles. The number of hydrogen-bond acceptors (Lipinski definition) is 3. The molecule has 0 bridgehead atoms. The van der Waals surface area contributed by atoms with E-state index in [1.807, 2.05) is 4.90 Å². The van der Waals surface area contributed by atoms with Gasteiger partial charge in [0.05, 0.1) is 6.61 Å². The van der Waals surface area contributed by atoms with Gasteiger partial charge in [0.1, 0.15) is 0 Å². The maximum atomic E-state index is 11.2. The lowest BCUT2D eigenvalue weighted by Gasteiger charge is -2.34. The molecule has 0 aromatic heterocycles. The second-order valence-electron chi connectivity index (χ2n) is 4.98. The highest BCUT2D eigenvalue weighted by Crippen LogP contribution is 2.12. The molecule has 0 aromatic rings. The molecule has 4 nitrogen and oxygen atoms in total. The van der Waals surface area contributed by atoms with Gasteiger partial charge in [0.2, 0.25) is 5.91 Å². The zero-order valence-electron chi connectivity index (χ0n) is 10.6. The maximum absolute atomic E-state index is 11.2. The highest BCUT2D eigenvalue weighted by molar-refractivity contribution is 5.73. The summed E-state index contributed by atoms with van der Waals surface area (Å²) < 4.78 is 0. The molecule has 1 fully saturated rings. The molecule has 1 aliphatic heterocycles. The zero-order chi connectivity index (χ0) is 12.1. The minimum atomic E-state index is 0.168. The first-order valence-corrected chi connectivity index (χ1v) is 6.17. The van der Waals surface area contributed by atoms with E-state index in [1.54, 1.807) is 6.92 Å². The number of amides is 1. The van der Waals surface area contributed by atoms with Crippen molar-refractivity contribution in [1.29, 1.82) is 0 Å². The number of aliphatic hydroxyl groups excluding tert-OH is 1. The van der Waals surface area contributed by atoms with E-state index in [2.05, 4.69) is 19.2 Å². The van der Waals surface area contributed by atoms with Gasteiger partial charge in [-0.2, -0.15) is 0 Å². The molecule has 1 atom stereocenters. The van der Waals surface area contributed by atoms with E-state index in [1.165, 1.54) is 0 Å². The van der Waals surface area contributed by atoms with Gasteiger partial charge in [-0.15, -0.1) is 0 Å². The van der Waals surface area contributed by atoms with Crippen LogP contribution in [-0.4, -0.2) is 47.7 Å². The van der Waals surface area contributed by atoms with Gasteiger partial charge < -0.3 is 15.3 Å². The van der Waals surface area contributed by atoms with Crippen LogP contribution in [-0.2, 0) is 4.79 Å². The summed E-state index contributed by atoms with van der Waals surface area (Å²) in [5.74, 6) is 0.608. The van der Waals surface area contributed by atoms with Crippen LogP contribution in [0.15, 0.2) is 0 Å². The summed E-state index contributed by atoms with van der Waals surface area (Å²) >= 11 is 0. The Morgan fingerprint density at radius 3 is 2.38 bits per heavy atom. The number of nitrogens with zero attached hydrogens (tertiary/aromatic N) is 1. The largest absolute Gasteiger partial charge is 0.395 e. The number of carbonyl (C=O) groups is 1. The third-order valence-corrected chi connectivity index (χ3v) is 3.39. The zero-order valence-corrected chi connectivity index (χ0v) is 10.6. The van der Waals surface area contributed by atoms with Gasteiger partial charge in [0.25, 0.3) is 0 Å². The molecule has 1 saturated heterocycles. The van der Waals surface area contributed by atoms with Crippen LogP contribution in [0.5, 0.6) is 0 Å². The summed E-state index contributed by atoms with van der Waals surface area (Å²) in [6.45, 7) is 7.70. The molecule has 1 unspecified atom stereocenters. The molecule has 2 N–H and O–H groups in total. The summed E-state index contributed by atoms with van der Waals surface area (Å²) in [7, 11) is 0. The van der Waals surface area contributed by atoms with Crippen molar-refractivity contribution in [1.82, 2.24) is 10.2 Å². The topological polar surface area (TPSA) is 52.6 Å². The van der Waals surface area contributed by atoms with Crippen LogP contribution in [0.1, 0.15) is 33.6 Å². The Labute approximate surface area is 98.0 Å². The van der Waals surface area contributed by atoms with E-state index >= 15 is 0 Å². The fourth-order valence-electron chi connectivity index (χ4n) is 2.12. The molecular weight excluding hydrogens is 204 g/mol. The van der Waals surface area contributed by atoms with E-state index in [9.17, 15) is 9.90 Å². The van der Waals surface area contributed by atoms with Gasteiger partial charge in [-0.05, 0) is 18.8 Å². The molecule has 0 saturated carbocycles. The lowest BCUT2D eigenvalue weighted by Crippen LogP contribution is -2.49. The quantitative estimate of drug-likeness (QED) is 0.741. The van der Waals surface area contributed by atoms with Crippen molar-refractivity contribution < 1.29 is 9.90 Å². The first kappa shape index (κ1) is 13.5. The lowest BCUT2D eigenvalue weighted by molar-refractivity contribution is -0.129. The Balaban J connectivity index is 2.33. The van der Waals surface area contributed by atoms with Crippen LogP contribution >= 0.6 is 0 Å². The lowest BCUT2D eigenvalue weighted by atomic mass is 9.99. The molecule has 0 aromatic carbocycles. The normalized spacial score (nSPS) is 20.2. The molecule has 4 heteroatoms. The third-order valence-electron chi connectivity index (χ3n) is 3.39. The van der Waals surface area contributed by atoms with Gasteiger partial charge >= 0.3 is 0 Å². The average molecular weight is 228 g/mol. The number of rotatable bonds is 4. The highest BCUT2D eigenvalue weighted by atomic mass is 16.3. The summed E-state index contributed by atoms with van der Waals surface area (Å²) in [6.07, 6.45) is 1.98. The number of likely N-dealkylation sites (tertiary alicyclic amines) is 1. The smallest absolute Gasteiger partial charge is 0.219 e. The molecule has 1 aliphatic rings. The summed E-state index contributed by atoms with van der Waals surface area (Å²) in [5.41, 5.74) is 0. The van der Waals surface area contributed by atoms with Crippen LogP contribution in [0.3, 0.4) is 0 Å². The van der Waals surface area contributed by atoms with Crippen LogP contribution in [0.2, 0.25) is 0 Å². The van der Waals surface area contributed by atoms with Gasteiger partial charge in [0.15, 0.2) is 0 Å². The number of nitrogens with one attached hydrogen (secondary N) is 1. The first-order valence-electron chi connectivity index (χ1n) is 6.17. The number of carbonyl (C=O) groups excluding carboxylic acids is 1.